The minimum Gasteiger partial charge on any atom is -0.378 e. The van der Waals surface area contributed by atoms with Gasteiger partial charge in [-0.3, -0.25) is 5.41 Å². The number of nitrogens with one attached hydrogen (secondary N) is 2. The molecule has 0 heterocycles. The summed E-state index contributed by atoms with van der Waals surface area (Å²) >= 11 is 0. The van der Waals surface area contributed by atoms with Crippen molar-refractivity contribution in [3.8, 4) is 6.07 Å². The highest BCUT2D eigenvalue weighted by molar-refractivity contribution is 6.13. The van der Waals surface area contributed by atoms with Gasteiger partial charge in [-0.1, -0.05) is 45.7 Å². The fourth-order valence-corrected chi connectivity index (χ4v) is 1.23. The number of hydrogen-bond acceptors (Lipinski definition) is 4. The molecule has 4 nitrogen and oxygen atoms in total. The molecule has 1 aromatic carbocycles. The van der Waals surface area contributed by atoms with Crippen molar-refractivity contribution >= 4 is 17.7 Å². The number of carbonyl (C=O) groups excluding carboxylic acids is 1. The van der Waals surface area contributed by atoms with Gasteiger partial charge in [-0.2, -0.15) is 5.26 Å². The van der Waals surface area contributed by atoms with Crippen molar-refractivity contribution in [1.29, 1.82) is 10.7 Å². The molecule has 0 fully saturated rings. The van der Waals surface area contributed by atoms with Gasteiger partial charge in [0.1, 0.15) is 18.1 Å². The summed E-state index contributed by atoms with van der Waals surface area (Å²) in [6.07, 6.45) is 2.01. The first kappa shape index (κ1) is 18.9. The van der Waals surface area contributed by atoms with Crippen LogP contribution in [0.5, 0.6) is 0 Å². The van der Waals surface area contributed by atoms with Gasteiger partial charge in [-0.05, 0) is 24.5 Å². The van der Waals surface area contributed by atoms with Gasteiger partial charge >= 0.3 is 0 Å². The first-order chi connectivity index (χ1) is 9.75. The van der Waals surface area contributed by atoms with Crippen LogP contribution in [-0.4, -0.2) is 18.5 Å². The Kier molecular flexibility index (Phi) is 8.00. The van der Waals surface area contributed by atoms with Crippen LogP contribution in [0.2, 0.25) is 0 Å². The van der Waals surface area contributed by atoms with Crippen LogP contribution in [0.3, 0.4) is 0 Å². The standard InChI is InChI=1S/C11H11N3O.C6H14/c1-8-2-3-11(14-4-5-15)9(6-8)10(13)7-12;1-5-6(2,3)4/h2-3,5-6,13-14H,4H2,1H3;5H2,1-4H3. The third-order valence-corrected chi connectivity index (χ3v) is 2.99. The molecule has 0 unspecified atom stereocenters. The fraction of sp³-hybridized carbons (Fsp3) is 0.471. The Morgan fingerprint density at radius 1 is 1.43 bits per heavy atom. The van der Waals surface area contributed by atoms with E-state index in [0.29, 0.717) is 16.7 Å². The van der Waals surface area contributed by atoms with Crippen LogP contribution in [0.25, 0.3) is 0 Å². The van der Waals surface area contributed by atoms with Crippen LogP contribution in [0.4, 0.5) is 5.69 Å². The zero-order chi connectivity index (χ0) is 16.5. The van der Waals surface area contributed by atoms with E-state index < -0.39 is 0 Å². The number of benzene rings is 1. The topological polar surface area (TPSA) is 76.7 Å². The molecule has 0 saturated carbocycles. The number of carbonyl (C=O) groups is 1. The third-order valence-electron chi connectivity index (χ3n) is 2.99. The van der Waals surface area contributed by atoms with Gasteiger partial charge in [0.25, 0.3) is 0 Å². The van der Waals surface area contributed by atoms with Crippen molar-refractivity contribution in [1.82, 2.24) is 0 Å². The first-order valence-electron chi connectivity index (χ1n) is 7.02. The van der Waals surface area contributed by atoms with Crippen molar-refractivity contribution in [3.63, 3.8) is 0 Å². The van der Waals surface area contributed by atoms with Crippen molar-refractivity contribution in [2.75, 3.05) is 11.9 Å². The number of hydrogen-bond donors (Lipinski definition) is 2. The van der Waals surface area contributed by atoms with Gasteiger partial charge < -0.3 is 10.1 Å². The van der Waals surface area contributed by atoms with Gasteiger partial charge in [0.15, 0.2) is 0 Å². The molecule has 0 aromatic heterocycles. The molecule has 114 valence electrons. The van der Waals surface area contributed by atoms with Crippen molar-refractivity contribution < 1.29 is 4.79 Å². The van der Waals surface area contributed by atoms with Crippen LogP contribution >= 0.6 is 0 Å². The van der Waals surface area contributed by atoms with Gasteiger partial charge in [0.2, 0.25) is 0 Å². The lowest BCUT2D eigenvalue weighted by Crippen LogP contribution is -2.07. The molecule has 0 saturated heterocycles. The van der Waals surface area contributed by atoms with E-state index in [1.165, 1.54) is 6.42 Å². The quantitative estimate of drug-likeness (QED) is 0.650. The summed E-state index contributed by atoms with van der Waals surface area (Å²) in [7, 11) is 0. The zero-order valence-corrected chi connectivity index (χ0v) is 13.6. The number of aldehydes is 1. The van der Waals surface area contributed by atoms with Crippen molar-refractivity contribution in [3.05, 3.63) is 29.3 Å². The first-order valence-corrected chi connectivity index (χ1v) is 7.02. The molecule has 2 N–H and O–H groups in total. The molecule has 0 atom stereocenters. The second-order valence-electron chi connectivity index (χ2n) is 6.00. The maximum atomic E-state index is 10.2. The summed E-state index contributed by atoms with van der Waals surface area (Å²) in [5.41, 5.74) is 2.58. The lowest BCUT2D eigenvalue weighted by molar-refractivity contribution is -0.106. The molecule has 1 aromatic rings. The molecule has 0 radical (unpaired) electrons. The van der Waals surface area contributed by atoms with E-state index >= 15 is 0 Å². The molecule has 0 aliphatic carbocycles. The van der Waals surface area contributed by atoms with E-state index in [1.54, 1.807) is 18.2 Å². The maximum Gasteiger partial charge on any atom is 0.141 e. The second-order valence-corrected chi connectivity index (χ2v) is 6.00. The molecular weight excluding hydrogens is 262 g/mol. The Morgan fingerprint density at radius 3 is 2.43 bits per heavy atom. The van der Waals surface area contributed by atoms with Crippen LogP contribution < -0.4 is 5.32 Å². The minimum atomic E-state index is -0.105. The lowest BCUT2D eigenvalue weighted by atomic mass is 9.94. The molecule has 0 amide bonds. The summed E-state index contributed by atoms with van der Waals surface area (Å²) in [6.45, 7) is 11.0. The minimum absolute atomic E-state index is 0.105. The molecule has 0 bridgehead atoms. The Morgan fingerprint density at radius 2 is 2.00 bits per heavy atom. The summed E-state index contributed by atoms with van der Waals surface area (Å²) < 4.78 is 0. The van der Waals surface area contributed by atoms with Gasteiger partial charge in [0, 0.05) is 11.3 Å². The highest BCUT2D eigenvalue weighted by atomic mass is 16.1. The van der Waals surface area contributed by atoms with Crippen LogP contribution in [0.1, 0.15) is 45.2 Å². The maximum absolute atomic E-state index is 10.2. The summed E-state index contributed by atoms with van der Waals surface area (Å²) in [5.74, 6) is 0. The normalized spacial score (nSPS) is 9.90. The number of rotatable bonds is 4. The van der Waals surface area contributed by atoms with E-state index in [9.17, 15) is 4.79 Å². The van der Waals surface area contributed by atoms with Gasteiger partial charge in [-0.25, -0.2) is 0 Å². The smallest absolute Gasteiger partial charge is 0.141 e. The van der Waals surface area contributed by atoms with E-state index in [4.69, 9.17) is 10.7 Å². The number of anilines is 1. The van der Waals surface area contributed by atoms with Crippen molar-refractivity contribution in [2.45, 2.75) is 41.0 Å². The molecule has 0 aliphatic rings. The Balaban J connectivity index is 0.000000567. The van der Waals surface area contributed by atoms with Crippen LogP contribution in [-0.2, 0) is 4.79 Å². The van der Waals surface area contributed by atoms with Crippen molar-refractivity contribution in [2.24, 2.45) is 5.41 Å². The predicted octanol–water partition coefficient (Wildman–Crippen LogP) is 3.94. The average molecular weight is 287 g/mol. The summed E-state index contributed by atoms with van der Waals surface area (Å²) in [6, 6.07) is 7.16. The SMILES string of the molecule is CCC(C)(C)C.Cc1ccc(NCC=O)c(C(=N)C#N)c1. The number of nitrogens with zero attached hydrogens (tertiary/aromatic N) is 1. The molecular formula is C17H25N3O. The monoisotopic (exact) mass is 287 g/mol. The fourth-order valence-electron chi connectivity index (χ4n) is 1.23. The average Bonchev–Trinajstić information content (AvgIpc) is 2.45. The Hall–Kier alpha value is -2.15. The molecule has 1 rings (SSSR count). The molecule has 4 heteroatoms. The van der Waals surface area contributed by atoms with E-state index in [-0.39, 0.29) is 12.3 Å². The van der Waals surface area contributed by atoms with E-state index in [0.717, 1.165) is 11.8 Å². The Bertz CT molecular complexity index is 522. The number of aryl methyl sites for hydroxylation is 1. The van der Waals surface area contributed by atoms with Crippen LogP contribution in [0.15, 0.2) is 18.2 Å². The molecule has 0 spiro atoms. The second kappa shape index (κ2) is 8.91. The zero-order valence-electron chi connectivity index (χ0n) is 13.6. The highest BCUT2D eigenvalue weighted by Crippen LogP contribution is 2.17. The molecule has 0 aliphatic heterocycles. The number of nitriles is 1. The third kappa shape index (κ3) is 7.88. The summed E-state index contributed by atoms with van der Waals surface area (Å²) in [5, 5.41) is 19.0. The lowest BCUT2D eigenvalue weighted by Gasteiger charge is -2.12. The van der Waals surface area contributed by atoms with E-state index in [2.05, 4.69) is 33.0 Å². The molecule has 21 heavy (non-hydrogen) atoms. The predicted molar refractivity (Wildman–Crippen MR) is 87.9 cm³/mol. The largest absolute Gasteiger partial charge is 0.378 e. The van der Waals surface area contributed by atoms with Gasteiger partial charge in [0.05, 0.1) is 6.54 Å². The highest BCUT2D eigenvalue weighted by Gasteiger charge is 2.07. The van der Waals surface area contributed by atoms with Crippen LogP contribution in [0, 0.1) is 29.1 Å². The van der Waals surface area contributed by atoms with Gasteiger partial charge in [-0.15, -0.1) is 0 Å². The van der Waals surface area contributed by atoms with E-state index in [1.807, 2.05) is 13.0 Å². The Labute approximate surface area is 127 Å². The summed E-state index contributed by atoms with van der Waals surface area (Å²) in [4.78, 5) is 10.2.